The number of alkyl carbamates (subject to hydrolysis) is 2. The van der Waals surface area contributed by atoms with Crippen LogP contribution in [0.3, 0.4) is 0 Å². The zero-order chi connectivity index (χ0) is 34.7. The van der Waals surface area contributed by atoms with Crippen molar-refractivity contribution >= 4 is 24.0 Å². The molecule has 0 fully saturated rings. The van der Waals surface area contributed by atoms with Crippen LogP contribution in [0.1, 0.15) is 74.8 Å². The van der Waals surface area contributed by atoms with Crippen LogP contribution in [-0.4, -0.2) is 74.6 Å². The van der Waals surface area contributed by atoms with Gasteiger partial charge < -0.3 is 35.8 Å². The number of hydrogen-bond acceptors (Lipinski definition) is 7. The zero-order valence-corrected chi connectivity index (χ0v) is 28.2. The second-order valence-corrected chi connectivity index (χ2v) is 12.5. The summed E-state index contributed by atoms with van der Waals surface area (Å²) >= 11 is 0. The highest BCUT2D eigenvalue weighted by molar-refractivity contribution is 5.79. The lowest BCUT2D eigenvalue weighted by atomic mass is 9.98. The summed E-state index contributed by atoms with van der Waals surface area (Å²) in [5, 5.41) is 21.0. The van der Waals surface area contributed by atoms with Crippen molar-refractivity contribution < 1.29 is 33.8 Å². The number of aliphatic hydroxyl groups is 1. The Morgan fingerprint density at radius 2 is 1.20 bits per heavy atom. The van der Waals surface area contributed by atoms with Gasteiger partial charge in [0.05, 0.1) is 12.7 Å². The molecule has 5 N–H and O–H groups in total. The predicted octanol–water partition coefficient (Wildman–Crippen LogP) is 5.10. The maximum atomic E-state index is 12.3. The van der Waals surface area contributed by atoms with Crippen molar-refractivity contribution in [1.82, 2.24) is 21.3 Å². The number of benzene rings is 2. The number of allylic oxidation sites excluding steroid dienone is 3. The Kier molecular flexibility index (Phi) is 15.7. The van der Waals surface area contributed by atoms with Gasteiger partial charge in [-0.2, -0.15) is 0 Å². The van der Waals surface area contributed by atoms with Crippen molar-refractivity contribution in [3.8, 4) is 11.1 Å². The van der Waals surface area contributed by atoms with Crippen LogP contribution in [0.4, 0.5) is 9.59 Å². The molecular weight excluding hydrogens is 624 g/mol. The van der Waals surface area contributed by atoms with Gasteiger partial charge in [-0.1, -0.05) is 85.7 Å². The molecule has 0 spiro atoms. The molecule has 0 aromatic heterocycles. The van der Waals surface area contributed by atoms with E-state index in [1.807, 2.05) is 48.6 Å². The summed E-state index contributed by atoms with van der Waals surface area (Å²) in [6.07, 6.45) is 12.0. The number of aliphatic hydroxyl groups excluding tert-OH is 1. The summed E-state index contributed by atoms with van der Waals surface area (Å²) in [5.74, 6) is -0.0989. The predicted molar refractivity (Wildman–Crippen MR) is 188 cm³/mol. The quantitative estimate of drug-likeness (QED) is 0.123. The SMILES string of the molecule is O=C(CCCCCNC(=O)OCC1C=CC=CC1)NCC(O)CNC(=O)CCCCCNC(=O)OCC1c2ccccc2-c2ccccc21. The lowest BCUT2D eigenvalue weighted by molar-refractivity contribution is -0.121. The highest BCUT2D eigenvalue weighted by Crippen LogP contribution is 2.44. The molecule has 4 rings (SSSR count). The van der Waals surface area contributed by atoms with E-state index in [9.17, 15) is 24.3 Å². The Bertz CT molecular complexity index is 1400. The molecule has 2 aliphatic carbocycles. The van der Waals surface area contributed by atoms with E-state index in [-0.39, 0.29) is 43.3 Å². The minimum absolute atomic E-state index is 0.0166. The van der Waals surface area contributed by atoms with E-state index in [4.69, 9.17) is 9.47 Å². The summed E-state index contributed by atoms with van der Waals surface area (Å²) in [7, 11) is 0. The summed E-state index contributed by atoms with van der Waals surface area (Å²) in [6, 6.07) is 16.4. The first-order valence-corrected chi connectivity index (χ1v) is 17.4. The van der Waals surface area contributed by atoms with Crippen LogP contribution in [-0.2, 0) is 19.1 Å². The minimum Gasteiger partial charge on any atom is -0.449 e. The fourth-order valence-electron chi connectivity index (χ4n) is 5.91. The third-order valence-electron chi connectivity index (χ3n) is 8.61. The maximum Gasteiger partial charge on any atom is 0.407 e. The Morgan fingerprint density at radius 1 is 0.673 bits per heavy atom. The summed E-state index contributed by atoms with van der Waals surface area (Å²) in [5.41, 5.74) is 4.70. The number of unbranched alkanes of at least 4 members (excludes halogenated alkanes) is 4. The number of carbonyl (C=O) groups excluding carboxylic acids is 4. The highest BCUT2D eigenvalue weighted by atomic mass is 16.6. The molecule has 2 aromatic carbocycles. The third-order valence-corrected chi connectivity index (χ3v) is 8.61. The maximum absolute atomic E-state index is 12.3. The molecule has 264 valence electrons. The Morgan fingerprint density at radius 3 is 1.73 bits per heavy atom. The van der Waals surface area contributed by atoms with Gasteiger partial charge in [-0.3, -0.25) is 9.59 Å². The second-order valence-electron chi connectivity index (χ2n) is 12.5. The van der Waals surface area contributed by atoms with Crippen molar-refractivity contribution in [2.75, 3.05) is 39.4 Å². The van der Waals surface area contributed by atoms with Crippen LogP contribution in [0.2, 0.25) is 0 Å². The molecule has 0 saturated carbocycles. The molecule has 0 heterocycles. The van der Waals surface area contributed by atoms with Gasteiger partial charge >= 0.3 is 12.2 Å². The Hall–Kier alpha value is -4.64. The molecule has 0 bridgehead atoms. The molecule has 11 heteroatoms. The average Bonchev–Trinajstić information content (AvgIpc) is 3.44. The lowest BCUT2D eigenvalue weighted by Gasteiger charge is -2.14. The van der Waals surface area contributed by atoms with Crippen molar-refractivity contribution in [2.45, 2.75) is 69.8 Å². The normalized spacial score (nSPS) is 15.1. The van der Waals surface area contributed by atoms with Gasteiger partial charge in [-0.25, -0.2) is 9.59 Å². The largest absolute Gasteiger partial charge is 0.449 e. The van der Waals surface area contributed by atoms with E-state index in [0.29, 0.717) is 51.8 Å². The summed E-state index contributed by atoms with van der Waals surface area (Å²) in [4.78, 5) is 48.3. The van der Waals surface area contributed by atoms with Crippen molar-refractivity contribution in [2.24, 2.45) is 5.92 Å². The average molecular weight is 675 g/mol. The van der Waals surface area contributed by atoms with Crippen LogP contribution in [0.15, 0.2) is 72.8 Å². The first-order chi connectivity index (χ1) is 23.9. The van der Waals surface area contributed by atoms with Gasteiger partial charge in [0, 0.05) is 50.9 Å². The topological polar surface area (TPSA) is 155 Å². The number of rotatable bonds is 20. The molecule has 49 heavy (non-hydrogen) atoms. The van der Waals surface area contributed by atoms with E-state index in [1.54, 1.807) is 0 Å². The van der Waals surface area contributed by atoms with Crippen LogP contribution < -0.4 is 21.3 Å². The molecule has 0 saturated heterocycles. The second kappa shape index (κ2) is 20.7. The molecule has 2 unspecified atom stereocenters. The molecule has 2 aliphatic rings. The number of hydrogen-bond donors (Lipinski definition) is 5. The van der Waals surface area contributed by atoms with Gasteiger partial charge in [0.15, 0.2) is 0 Å². The number of fused-ring (bicyclic) bond motifs is 3. The Labute approximate surface area is 288 Å². The van der Waals surface area contributed by atoms with E-state index >= 15 is 0 Å². The first kappa shape index (κ1) is 37.2. The molecule has 0 aliphatic heterocycles. The molecule has 2 atom stereocenters. The van der Waals surface area contributed by atoms with Gasteiger partial charge in [0.1, 0.15) is 6.61 Å². The smallest absolute Gasteiger partial charge is 0.407 e. The molecule has 2 aromatic rings. The van der Waals surface area contributed by atoms with Crippen LogP contribution in [0, 0.1) is 5.92 Å². The van der Waals surface area contributed by atoms with Gasteiger partial charge in [0.2, 0.25) is 11.8 Å². The Balaban J connectivity index is 0.933. The summed E-state index contributed by atoms with van der Waals surface area (Å²) in [6.45, 7) is 1.68. The highest BCUT2D eigenvalue weighted by Gasteiger charge is 2.29. The van der Waals surface area contributed by atoms with Gasteiger partial charge in [-0.05, 0) is 54.4 Å². The van der Waals surface area contributed by atoms with Gasteiger partial charge in [-0.15, -0.1) is 0 Å². The van der Waals surface area contributed by atoms with Crippen molar-refractivity contribution in [1.29, 1.82) is 0 Å². The van der Waals surface area contributed by atoms with Crippen molar-refractivity contribution in [3.63, 3.8) is 0 Å². The zero-order valence-electron chi connectivity index (χ0n) is 28.2. The third kappa shape index (κ3) is 13.1. The van der Waals surface area contributed by atoms with Crippen LogP contribution in [0.25, 0.3) is 11.1 Å². The molecule has 0 radical (unpaired) electrons. The van der Waals surface area contributed by atoms with Crippen LogP contribution >= 0.6 is 0 Å². The van der Waals surface area contributed by atoms with E-state index in [2.05, 4.69) is 45.5 Å². The molecule has 4 amide bonds. The van der Waals surface area contributed by atoms with E-state index in [1.165, 1.54) is 22.3 Å². The summed E-state index contributed by atoms with van der Waals surface area (Å²) < 4.78 is 10.8. The standard InChI is InChI=1S/C38H50N4O7/c43-29(24-41-35(44)20-6-2-12-22-39-37(46)48-26-28-14-4-1-5-15-28)25-42-36(45)21-7-3-13-23-40-38(47)49-27-34-32-18-10-8-16-30(32)31-17-9-11-19-33(31)34/h1,4-5,8-11,14,16-19,28-29,34,43H,2-3,6-7,12-13,15,20-27H2,(H,39,46)(H,40,47)(H,41,44)(H,42,45). The van der Waals surface area contributed by atoms with E-state index < -0.39 is 18.3 Å². The lowest BCUT2D eigenvalue weighted by Crippen LogP contribution is -2.39. The fourth-order valence-corrected chi connectivity index (χ4v) is 5.91. The van der Waals surface area contributed by atoms with Crippen molar-refractivity contribution in [3.05, 3.63) is 84.0 Å². The number of ether oxygens (including phenoxy) is 2. The van der Waals surface area contributed by atoms with Gasteiger partial charge in [0.25, 0.3) is 0 Å². The minimum atomic E-state index is -0.885. The molecule has 11 nitrogen and oxygen atoms in total. The number of nitrogens with one attached hydrogen (secondary N) is 4. The van der Waals surface area contributed by atoms with Crippen LogP contribution in [0.5, 0.6) is 0 Å². The number of carbonyl (C=O) groups is 4. The number of amides is 4. The first-order valence-electron chi connectivity index (χ1n) is 17.4. The van der Waals surface area contributed by atoms with E-state index in [0.717, 1.165) is 25.7 Å². The fraction of sp³-hybridized carbons (Fsp3) is 0.474. The molecular formula is C38H50N4O7. The monoisotopic (exact) mass is 674 g/mol.